The SMILES string of the molecule is COc1cccc(CN(C)c2ncc(CO)cc2C)c1. The molecule has 1 aromatic carbocycles. The molecule has 4 heteroatoms. The lowest BCUT2D eigenvalue weighted by molar-refractivity contribution is 0.281. The highest BCUT2D eigenvalue weighted by molar-refractivity contribution is 5.47. The van der Waals surface area contributed by atoms with Gasteiger partial charge in [-0.25, -0.2) is 4.98 Å². The second-order valence-corrected chi connectivity index (χ2v) is 4.85. The van der Waals surface area contributed by atoms with Gasteiger partial charge in [0.15, 0.2) is 0 Å². The minimum Gasteiger partial charge on any atom is -0.497 e. The quantitative estimate of drug-likeness (QED) is 0.908. The van der Waals surface area contributed by atoms with Crippen LogP contribution in [0.4, 0.5) is 5.82 Å². The first-order chi connectivity index (χ1) is 9.63. The molecule has 20 heavy (non-hydrogen) atoms. The molecular weight excluding hydrogens is 252 g/mol. The Labute approximate surface area is 119 Å². The maximum absolute atomic E-state index is 9.12. The minimum atomic E-state index is 0.0215. The highest BCUT2D eigenvalue weighted by Gasteiger charge is 2.08. The molecule has 0 aliphatic rings. The summed E-state index contributed by atoms with van der Waals surface area (Å²) in [6, 6.07) is 9.97. The van der Waals surface area contributed by atoms with E-state index in [-0.39, 0.29) is 6.61 Å². The fourth-order valence-corrected chi connectivity index (χ4v) is 2.23. The van der Waals surface area contributed by atoms with E-state index in [1.54, 1.807) is 13.3 Å². The summed E-state index contributed by atoms with van der Waals surface area (Å²) in [5, 5.41) is 9.12. The van der Waals surface area contributed by atoms with Gasteiger partial charge in [0.2, 0.25) is 0 Å². The van der Waals surface area contributed by atoms with Gasteiger partial charge in [-0.2, -0.15) is 0 Å². The van der Waals surface area contributed by atoms with E-state index in [2.05, 4.69) is 16.0 Å². The van der Waals surface area contributed by atoms with E-state index in [1.807, 2.05) is 38.2 Å². The average Bonchev–Trinajstić information content (AvgIpc) is 2.47. The van der Waals surface area contributed by atoms with Gasteiger partial charge in [0, 0.05) is 19.8 Å². The number of ether oxygens (including phenoxy) is 1. The number of hydrogen-bond donors (Lipinski definition) is 1. The normalized spacial score (nSPS) is 10.4. The molecule has 106 valence electrons. The lowest BCUT2D eigenvalue weighted by Crippen LogP contribution is -2.19. The minimum absolute atomic E-state index is 0.0215. The number of rotatable bonds is 5. The number of anilines is 1. The highest BCUT2D eigenvalue weighted by atomic mass is 16.5. The number of pyridine rings is 1. The van der Waals surface area contributed by atoms with Crippen LogP contribution in [0.25, 0.3) is 0 Å². The molecule has 0 atom stereocenters. The molecule has 0 saturated heterocycles. The molecule has 0 aliphatic carbocycles. The number of aliphatic hydroxyl groups is 1. The Balaban J connectivity index is 2.16. The number of aromatic nitrogens is 1. The number of aliphatic hydroxyl groups excluding tert-OH is 1. The fourth-order valence-electron chi connectivity index (χ4n) is 2.23. The average molecular weight is 272 g/mol. The Morgan fingerprint density at radius 2 is 2.05 bits per heavy atom. The zero-order valence-electron chi connectivity index (χ0n) is 12.1. The first kappa shape index (κ1) is 14.3. The van der Waals surface area contributed by atoms with E-state index in [9.17, 15) is 0 Å². The summed E-state index contributed by atoms with van der Waals surface area (Å²) in [6.45, 7) is 2.78. The predicted octanol–water partition coefficient (Wildman–Crippen LogP) is 2.53. The summed E-state index contributed by atoms with van der Waals surface area (Å²) in [5.41, 5.74) is 3.06. The van der Waals surface area contributed by atoms with E-state index >= 15 is 0 Å². The van der Waals surface area contributed by atoms with Gasteiger partial charge < -0.3 is 14.7 Å². The van der Waals surface area contributed by atoms with Gasteiger partial charge in [-0.3, -0.25) is 0 Å². The molecule has 0 aliphatic heterocycles. The molecule has 2 aromatic rings. The molecule has 0 radical (unpaired) electrons. The van der Waals surface area contributed by atoms with Gasteiger partial charge in [0.05, 0.1) is 13.7 Å². The number of aryl methyl sites for hydroxylation is 1. The molecule has 0 amide bonds. The van der Waals surface area contributed by atoms with Crippen molar-refractivity contribution in [3.05, 3.63) is 53.2 Å². The lowest BCUT2D eigenvalue weighted by Gasteiger charge is -2.21. The van der Waals surface area contributed by atoms with Crippen molar-refractivity contribution < 1.29 is 9.84 Å². The van der Waals surface area contributed by atoms with Crippen LogP contribution in [-0.4, -0.2) is 24.2 Å². The van der Waals surface area contributed by atoms with Crippen LogP contribution in [0.3, 0.4) is 0 Å². The molecule has 1 heterocycles. The Morgan fingerprint density at radius 1 is 1.25 bits per heavy atom. The van der Waals surface area contributed by atoms with Crippen LogP contribution < -0.4 is 9.64 Å². The molecule has 0 fully saturated rings. The molecule has 0 unspecified atom stereocenters. The Kier molecular flexibility index (Phi) is 4.58. The zero-order valence-corrected chi connectivity index (χ0v) is 12.1. The second-order valence-electron chi connectivity index (χ2n) is 4.85. The third-order valence-electron chi connectivity index (χ3n) is 3.21. The highest BCUT2D eigenvalue weighted by Crippen LogP contribution is 2.20. The van der Waals surface area contributed by atoms with Gasteiger partial charge in [-0.05, 0) is 41.8 Å². The zero-order chi connectivity index (χ0) is 14.5. The van der Waals surface area contributed by atoms with Crippen LogP contribution >= 0.6 is 0 Å². The number of benzene rings is 1. The monoisotopic (exact) mass is 272 g/mol. The van der Waals surface area contributed by atoms with Crippen LogP contribution in [0, 0.1) is 6.92 Å². The second kappa shape index (κ2) is 6.39. The van der Waals surface area contributed by atoms with Crippen molar-refractivity contribution in [3.8, 4) is 5.75 Å². The Morgan fingerprint density at radius 3 is 2.70 bits per heavy atom. The maximum atomic E-state index is 9.12. The third-order valence-corrected chi connectivity index (χ3v) is 3.21. The predicted molar refractivity (Wildman–Crippen MR) is 80.0 cm³/mol. The molecule has 0 bridgehead atoms. The summed E-state index contributed by atoms with van der Waals surface area (Å²) in [5.74, 6) is 1.78. The van der Waals surface area contributed by atoms with Gasteiger partial charge >= 0.3 is 0 Å². The van der Waals surface area contributed by atoms with Crippen molar-refractivity contribution in [3.63, 3.8) is 0 Å². The van der Waals surface area contributed by atoms with E-state index in [0.717, 1.165) is 29.2 Å². The Hall–Kier alpha value is -2.07. The Bertz CT molecular complexity index is 584. The smallest absolute Gasteiger partial charge is 0.131 e. The summed E-state index contributed by atoms with van der Waals surface area (Å²) in [4.78, 5) is 6.51. The summed E-state index contributed by atoms with van der Waals surface area (Å²) < 4.78 is 5.23. The standard InChI is InChI=1S/C16H20N2O2/c1-12-7-14(11-19)9-17-16(12)18(2)10-13-5-4-6-15(8-13)20-3/h4-9,19H,10-11H2,1-3H3. The summed E-state index contributed by atoms with van der Waals surface area (Å²) in [6.07, 6.45) is 1.71. The van der Waals surface area contributed by atoms with Crippen molar-refractivity contribution in [1.82, 2.24) is 4.98 Å². The molecule has 1 N–H and O–H groups in total. The van der Waals surface area contributed by atoms with Crippen LogP contribution in [-0.2, 0) is 13.2 Å². The van der Waals surface area contributed by atoms with Crippen LogP contribution in [0.1, 0.15) is 16.7 Å². The third kappa shape index (κ3) is 3.27. The van der Waals surface area contributed by atoms with Crippen molar-refractivity contribution in [1.29, 1.82) is 0 Å². The fraction of sp³-hybridized carbons (Fsp3) is 0.312. The van der Waals surface area contributed by atoms with Crippen molar-refractivity contribution in [2.24, 2.45) is 0 Å². The van der Waals surface area contributed by atoms with Gasteiger partial charge in [0.25, 0.3) is 0 Å². The topological polar surface area (TPSA) is 45.6 Å². The van der Waals surface area contributed by atoms with Crippen LogP contribution in [0.2, 0.25) is 0 Å². The number of nitrogens with zero attached hydrogens (tertiary/aromatic N) is 2. The maximum Gasteiger partial charge on any atom is 0.131 e. The van der Waals surface area contributed by atoms with Crippen LogP contribution in [0.15, 0.2) is 36.5 Å². The van der Waals surface area contributed by atoms with Gasteiger partial charge in [-0.15, -0.1) is 0 Å². The summed E-state index contributed by atoms with van der Waals surface area (Å²) in [7, 11) is 3.68. The van der Waals surface area contributed by atoms with Crippen LogP contribution in [0.5, 0.6) is 5.75 Å². The van der Waals surface area contributed by atoms with Crippen molar-refractivity contribution >= 4 is 5.82 Å². The molecule has 4 nitrogen and oxygen atoms in total. The molecule has 1 aromatic heterocycles. The van der Waals surface area contributed by atoms with Gasteiger partial charge in [-0.1, -0.05) is 12.1 Å². The first-order valence-electron chi connectivity index (χ1n) is 6.54. The van der Waals surface area contributed by atoms with E-state index in [4.69, 9.17) is 9.84 Å². The van der Waals surface area contributed by atoms with Crippen molar-refractivity contribution in [2.45, 2.75) is 20.1 Å². The molecule has 2 rings (SSSR count). The number of methoxy groups -OCH3 is 1. The molecule has 0 saturated carbocycles. The van der Waals surface area contributed by atoms with E-state index < -0.39 is 0 Å². The van der Waals surface area contributed by atoms with Gasteiger partial charge in [0.1, 0.15) is 11.6 Å². The first-order valence-corrected chi connectivity index (χ1v) is 6.54. The van der Waals surface area contributed by atoms with Crippen molar-refractivity contribution in [2.75, 3.05) is 19.1 Å². The van der Waals surface area contributed by atoms with E-state index in [1.165, 1.54) is 5.56 Å². The molecule has 0 spiro atoms. The molecular formula is C16H20N2O2. The summed E-state index contributed by atoms with van der Waals surface area (Å²) >= 11 is 0. The largest absolute Gasteiger partial charge is 0.497 e. The lowest BCUT2D eigenvalue weighted by atomic mass is 10.1. The number of hydrogen-bond acceptors (Lipinski definition) is 4. The van der Waals surface area contributed by atoms with E-state index in [0.29, 0.717) is 0 Å².